The SMILES string of the molecule is CC(NC(C)c1ncn[nH]1)c1cccc(-n2cnnn2)c1. The lowest BCUT2D eigenvalue weighted by molar-refractivity contribution is 0.477. The van der Waals surface area contributed by atoms with Gasteiger partial charge in [-0.3, -0.25) is 5.10 Å². The van der Waals surface area contributed by atoms with Crippen molar-refractivity contribution >= 4 is 0 Å². The molecule has 0 amide bonds. The van der Waals surface area contributed by atoms with E-state index in [9.17, 15) is 0 Å². The van der Waals surface area contributed by atoms with Crippen LogP contribution < -0.4 is 5.32 Å². The van der Waals surface area contributed by atoms with Gasteiger partial charge in [0.2, 0.25) is 0 Å². The number of nitrogens with one attached hydrogen (secondary N) is 2. The summed E-state index contributed by atoms with van der Waals surface area (Å²) in [6, 6.07) is 8.32. The summed E-state index contributed by atoms with van der Waals surface area (Å²) in [7, 11) is 0. The van der Waals surface area contributed by atoms with Crippen molar-refractivity contribution in [3.63, 3.8) is 0 Å². The molecule has 2 atom stereocenters. The van der Waals surface area contributed by atoms with E-state index in [-0.39, 0.29) is 12.1 Å². The third-order valence-corrected chi connectivity index (χ3v) is 3.33. The maximum Gasteiger partial charge on any atom is 0.143 e. The lowest BCUT2D eigenvalue weighted by Crippen LogP contribution is -2.23. The third kappa shape index (κ3) is 2.95. The van der Waals surface area contributed by atoms with Gasteiger partial charge in [0.25, 0.3) is 0 Å². The van der Waals surface area contributed by atoms with Crippen LogP contribution in [0.1, 0.15) is 37.3 Å². The van der Waals surface area contributed by atoms with Gasteiger partial charge in [-0.15, -0.1) is 5.10 Å². The molecule has 2 unspecified atom stereocenters. The van der Waals surface area contributed by atoms with E-state index in [0.717, 1.165) is 17.1 Å². The van der Waals surface area contributed by atoms with Crippen LogP contribution in [0.3, 0.4) is 0 Å². The fourth-order valence-corrected chi connectivity index (χ4v) is 2.19. The van der Waals surface area contributed by atoms with Crippen molar-refractivity contribution in [3.8, 4) is 5.69 Å². The van der Waals surface area contributed by atoms with E-state index in [0.29, 0.717) is 0 Å². The second-order valence-corrected chi connectivity index (χ2v) is 4.83. The maximum atomic E-state index is 4.16. The fourth-order valence-electron chi connectivity index (χ4n) is 2.19. The number of tetrazole rings is 1. The first-order valence-electron chi connectivity index (χ1n) is 6.68. The summed E-state index contributed by atoms with van der Waals surface area (Å²) in [5.41, 5.74) is 2.08. The number of aromatic nitrogens is 7. The van der Waals surface area contributed by atoms with Crippen molar-refractivity contribution in [1.82, 2.24) is 40.7 Å². The minimum atomic E-state index is 0.0826. The smallest absolute Gasteiger partial charge is 0.143 e. The standard InChI is InChI=1S/C13H16N8/c1-9(17-10(2)13-14-7-15-18-13)11-4-3-5-12(6-11)21-8-16-19-20-21/h3-10,17H,1-2H3,(H,14,15,18). The lowest BCUT2D eigenvalue weighted by Gasteiger charge is -2.19. The van der Waals surface area contributed by atoms with Crippen molar-refractivity contribution in [1.29, 1.82) is 0 Å². The van der Waals surface area contributed by atoms with Gasteiger partial charge in [-0.05, 0) is 42.0 Å². The Morgan fingerprint density at radius 3 is 2.86 bits per heavy atom. The highest BCUT2D eigenvalue weighted by Crippen LogP contribution is 2.19. The highest BCUT2D eigenvalue weighted by molar-refractivity contribution is 5.35. The zero-order valence-corrected chi connectivity index (χ0v) is 11.8. The molecular weight excluding hydrogens is 268 g/mol. The molecule has 0 saturated heterocycles. The summed E-state index contributed by atoms with van der Waals surface area (Å²) in [5.74, 6) is 0.818. The molecule has 8 nitrogen and oxygen atoms in total. The van der Waals surface area contributed by atoms with E-state index in [2.05, 4.69) is 55.1 Å². The predicted octanol–water partition coefficient (Wildman–Crippen LogP) is 1.19. The lowest BCUT2D eigenvalue weighted by atomic mass is 10.1. The number of benzene rings is 1. The van der Waals surface area contributed by atoms with Gasteiger partial charge in [0.1, 0.15) is 18.5 Å². The Kier molecular flexibility index (Phi) is 3.69. The average molecular weight is 284 g/mol. The zero-order chi connectivity index (χ0) is 14.7. The first-order chi connectivity index (χ1) is 10.2. The van der Waals surface area contributed by atoms with Crippen molar-refractivity contribution in [2.45, 2.75) is 25.9 Å². The molecule has 3 aromatic rings. The molecule has 2 aromatic heterocycles. The van der Waals surface area contributed by atoms with E-state index in [1.165, 1.54) is 6.33 Å². The summed E-state index contributed by atoms with van der Waals surface area (Å²) < 4.78 is 1.64. The highest BCUT2D eigenvalue weighted by atomic mass is 15.5. The maximum absolute atomic E-state index is 4.16. The second kappa shape index (κ2) is 5.80. The van der Waals surface area contributed by atoms with Crippen molar-refractivity contribution in [2.24, 2.45) is 0 Å². The number of H-pyrrole nitrogens is 1. The van der Waals surface area contributed by atoms with E-state index in [4.69, 9.17) is 0 Å². The van der Waals surface area contributed by atoms with Gasteiger partial charge in [-0.25, -0.2) is 9.67 Å². The first kappa shape index (κ1) is 13.4. The van der Waals surface area contributed by atoms with Crippen LogP contribution in [0.15, 0.2) is 36.9 Å². The van der Waals surface area contributed by atoms with Crippen LogP contribution >= 0.6 is 0 Å². The van der Waals surface area contributed by atoms with Crippen LogP contribution in [0.5, 0.6) is 0 Å². The Balaban J connectivity index is 1.76. The molecule has 21 heavy (non-hydrogen) atoms. The molecule has 108 valence electrons. The number of aromatic amines is 1. The highest BCUT2D eigenvalue weighted by Gasteiger charge is 2.13. The second-order valence-electron chi connectivity index (χ2n) is 4.83. The van der Waals surface area contributed by atoms with Gasteiger partial charge in [0.15, 0.2) is 0 Å². The normalized spacial score (nSPS) is 14.0. The summed E-state index contributed by atoms with van der Waals surface area (Å²) in [6.07, 6.45) is 3.09. The number of hydrogen-bond donors (Lipinski definition) is 2. The molecule has 0 aliphatic rings. The van der Waals surface area contributed by atoms with Gasteiger partial charge in [0, 0.05) is 6.04 Å². The molecule has 2 heterocycles. The number of rotatable bonds is 5. The average Bonchev–Trinajstić information content (AvgIpc) is 3.20. The van der Waals surface area contributed by atoms with E-state index in [1.807, 2.05) is 19.1 Å². The quantitative estimate of drug-likeness (QED) is 0.730. The predicted molar refractivity (Wildman–Crippen MR) is 75.5 cm³/mol. The van der Waals surface area contributed by atoms with E-state index < -0.39 is 0 Å². The number of nitrogens with zero attached hydrogens (tertiary/aromatic N) is 6. The molecule has 0 radical (unpaired) electrons. The van der Waals surface area contributed by atoms with Gasteiger partial charge in [-0.2, -0.15) is 5.10 Å². The minimum absolute atomic E-state index is 0.0826. The Labute approximate surface area is 121 Å². The first-order valence-corrected chi connectivity index (χ1v) is 6.68. The van der Waals surface area contributed by atoms with Crippen LogP contribution in [0.2, 0.25) is 0 Å². The molecule has 0 saturated carbocycles. The molecule has 0 aliphatic carbocycles. The molecule has 1 aromatic carbocycles. The van der Waals surface area contributed by atoms with E-state index in [1.54, 1.807) is 11.0 Å². The van der Waals surface area contributed by atoms with Gasteiger partial charge < -0.3 is 5.32 Å². The van der Waals surface area contributed by atoms with Gasteiger partial charge in [-0.1, -0.05) is 12.1 Å². The fraction of sp³-hybridized carbons (Fsp3) is 0.308. The van der Waals surface area contributed by atoms with Crippen molar-refractivity contribution in [2.75, 3.05) is 0 Å². The van der Waals surface area contributed by atoms with Crippen molar-refractivity contribution in [3.05, 3.63) is 48.3 Å². The summed E-state index contributed by atoms with van der Waals surface area (Å²) in [4.78, 5) is 4.16. The van der Waals surface area contributed by atoms with Gasteiger partial charge >= 0.3 is 0 Å². The molecule has 8 heteroatoms. The molecule has 0 aliphatic heterocycles. The van der Waals surface area contributed by atoms with Crippen LogP contribution in [0, 0.1) is 0 Å². The van der Waals surface area contributed by atoms with E-state index >= 15 is 0 Å². The Bertz CT molecular complexity index is 676. The molecule has 0 fully saturated rings. The van der Waals surface area contributed by atoms with Crippen LogP contribution in [-0.2, 0) is 0 Å². The van der Waals surface area contributed by atoms with Crippen LogP contribution in [0.4, 0.5) is 0 Å². The molecule has 0 spiro atoms. The Morgan fingerprint density at radius 2 is 2.14 bits per heavy atom. The summed E-state index contributed by atoms with van der Waals surface area (Å²) >= 11 is 0. The monoisotopic (exact) mass is 284 g/mol. The zero-order valence-electron chi connectivity index (χ0n) is 11.8. The third-order valence-electron chi connectivity index (χ3n) is 3.33. The Hall–Kier alpha value is -2.61. The Morgan fingerprint density at radius 1 is 1.24 bits per heavy atom. The largest absolute Gasteiger partial charge is 0.301 e. The van der Waals surface area contributed by atoms with Crippen LogP contribution in [-0.4, -0.2) is 35.4 Å². The van der Waals surface area contributed by atoms with Crippen molar-refractivity contribution < 1.29 is 0 Å². The molecular formula is C13H16N8. The minimum Gasteiger partial charge on any atom is -0.301 e. The van der Waals surface area contributed by atoms with Gasteiger partial charge in [0.05, 0.1) is 11.7 Å². The molecule has 2 N–H and O–H groups in total. The summed E-state index contributed by atoms with van der Waals surface area (Å²) in [5, 5.41) is 21.4. The molecule has 0 bridgehead atoms. The van der Waals surface area contributed by atoms with Crippen LogP contribution in [0.25, 0.3) is 5.69 Å². The summed E-state index contributed by atoms with van der Waals surface area (Å²) in [6.45, 7) is 4.15. The molecule has 3 rings (SSSR count). The topological polar surface area (TPSA) is 97.2 Å². The number of hydrogen-bond acceptors (Lipinski definition) is 6.